The van der Waals surface area contributed by atoms with Crippen molar-refractivity contribution in [2.24, 2.45) is 0 Å². The predicted octanol–water partition coefficient (Wildman–Crippen LogP) is 1.77. The first kappa shape index (κ1) is 15.7. The van der Waals surface area contributed by atoms with E-state index < -0.39 is 11.9 Å². The number of esters is 2. The molecule has 0 bridgehead atoms. The van der Waals surface area contributed by atoms with Crippen LogP contribution in [-0.2, 0) is 14.3 Å². The van der Waals surface area contributed by atoms with Crippen molar-refractivity contribution in [1.29, 1.82) is 0 Å². The number of hydrogen-bond acceptors (Lipinski definition) is 6. The molecule has 5 nitrogen and oxygen atoms in total. The molecule has 6 heteroatoms. The Morgan fingerprint density at radius 1 is 1.24 bits per heavy atom. The van der Waals surface area contributed by atoms with Gasteiger partial charge in [-0.25, -0.2) is 4.79 Å². The van der Waals surface area contributed by atoms with E-state index in [1.165, 1.54) is 0 Å². The van der Waals surface area contributed by atoms with Gasteiger partial charge < -0.3 is 10.1 Å². The molecule has 0 aliphatic carbocycles. The maximum absolute atomic E-state index is 11.8. The minimum absolute atomic E-state index is 0.0434. The Balaban J connectivity index is 1.67. The molecule has 2 rings (SSSR count). The predicted molar refractivity (Wildman–Crippen MR) is 80.0 cm³/mol. The summed E-state index contributed by atoms with van der Waals surface area (Å²) in [6, 6.07) is 8.49. The molecule has 1 atom stereocenters. The third kappa shape index (κ3) is 4.99. The van der Waals surface area contributed by atoms with Gasteiger partial charge in [0.2, 0.25) is 5.12 Å². The van der Waals surface area contributed by atoms with E-state index in [9.17, 15) is 14.4 Å². The highest BCUT2D eigenvalue weighted by Crippen LogP contribution is 2.14. The monoisotopic (exact) mass is 307 g/mol. The van der Waals surface area contributed by atoms with Gasteiger partial charge in [0.05, 0.1) is 6.42 Å². The second-order valence-corrected chi connectivity index (χ2v) is 5.76. The number of benzene rings is 1. The smallest absolute Gasteiger partial charge is 0.330 e. The lowest BCUT2D eigenvalue weighted by Crippen LogP contribution is -2.33. The first-order chi connectivity index (χ1) is 10.2. The van der Waals surface area contributed by atoms with Crippen LogP contribution in [0.3, 0.4) is 0 Å². The van der Waals surface area contributed by atoms with E-state index in [-0.39, 0.29) is 17.6 Å². The molecule has 1 aromatic carbocycles. The van der Waals surface area contributed by atoms with E-state index in [0.717, 1.165) is 24.7 Å². The third-order valence-electron chi connectivity index (χ3n) is 3.11. The Morgan fingerprint density at radius 2 is 2.00 bits per heavy atom. The van der Waals surface area contributed by atoms with Crippen LogP contribution in [0.2, 0.25) is 0 Å². The molecule has 1 aliphatic heterocycles. The molecule has 1 N–H and O–H groups in total. The lowest BCUT2D eigenvalue weighted by molar-refractivity contribution is -0.160. The molecule has 1 heterocycles. The minimum atomic E-state index is -0.581. The topological polar surface area (TPSA) is 72.5 Å². The van der Waals surface area contributed by atoms with Gasteiger partial charge in [-0.3, -0.25) is 9.59 Å². The van der Waals surface area contributed by atoms with Crippen molar-refractivity contribution >= 4 is 28.8 Å². The van der Waals surface area contributed by atoms with Gasteiger partial charge in [0.1, 0.15) is 6.04 Å². The zero-order chi connectivity index (χ0) is 15.1. The summed E-state index contributed by atoms with van der Waals surface area (Å²) < 4.78 is 4.76. The molecule has 0 unspecified atom stereocenters. The molecule has 0 saturated carbocycles. The highest BCUT2D eigenvalue weighted by atomic mass is 32.2. The summed E-state index contributed by atoms with van der Waals surface area (Å²) in [6.45, 7) is 0.773. The largest absolute Gasteiger partial charge is 0.392 e. The van der Waals surface area contributed by atoms with Crippen molar-refractivity contribution in [1.82, 2.24) is 5.32 Å². The summed E-state index contributed by atoms with van der Waals surface area (Å²) in [5.74, 6) is -0.795. The van der Waals surface area contributed by atoms with E-state index >= 15 is 0 Å². The van der Waals surface area contributed by atoms with E-state index in [1.807, 2.05) is 6.07 Å². The molecular weight excluding hydrogens is 290 g/mol. The number of thioether (sulfide) groups is 1. The first-order valence-corrected chi connectivity index (χ1v) is 7.85. The molecule has 112 valence electrons. The third-order valence-corrected chi connectivity index (χ3v) is 4.01. The number of nitrogens with one attached hydrogen (secondary N) is 1. The summed E-state index contributed by atoms with van der Waals surface area (Å²) in [6.07, 6.45) is 1.66. The summed E-state index contributed by atoms with van der Waals surface area (Å²) in [5.41, 5.74) is 0.599. The van der Waals surface area contributed by atoms with Crippen LogP contribution in [0.1, 0.15) is 29.6 Å². The van der Waals surface area contributed by atoms with Crippen LogP contribution < -0.4 is 5.32 Å². The van der Waals surface area contributed by atoms with Gasteiger partial charge in [0, 0.05) is 11.3 Å². The summed E-state index contributed by atoms with van der Waals surface area (Å²) in [4.78, 5) is 34.9. The Labute approximate surface area is 127 Å². The standard InChI is InChI=1S/C15H17NO4S/c17-13(20-14(18)12-7-4-9-16-12)8-10-21-15(19)11-5-2-1-3-6-11/h1-3,5-6,12,16H,4,7-10H2/t12-/m1/s1. The van der Waals surface area contributed by atoms with E-state index in [2.05, 4.69) is 5.32 Å². The van der Waals surface area contributed by atoms with Gasteiger partial charge in [-0.05, 0) is 19.4 Å². The van der Waals surface area contributed by atoms with E-state index in [4.69, 9.17) is 4.74 Å². The SMILES string of the molecule is O=C(CCSC(=O)c1ccccc1)OC(=O)[C@H]1CCCN1. The van der Waals surface area contributed by atoms with Crippen LogP contribution in [-0.4, -0.2) is 35.4 Å². The van der Waals surface area contributed by atoms with Crippen molar-refractivity contribution in [3.8, 4) is 0 Å². The number of hydrogen-bond donors (Lipinski definition) is 1. The van der Waals surface area contributed by atoms with Crippen molar-refractivity contribution < 1.29 is 19.1 Å². The zero-order valence-electron chi connectivity index (χ0n) is 11.5. The highest BCUT2D eigenvalue weighted by molar-refractivity contribution is 8.14. The fraction of sp³-hybridized carbons (Fsp3) is 0.400. The maximum Gasteiger partial charge on any atom is 0.330 e. The molecule has 0 radical (unpaired) electrons. The molecule has 0 amide bonds. The van der Waals surface area contributed by atoms with Crippen molar-refractivity contribution in [2.45, 2.75) is 25.3 Å². The highest BCUT2D eigenvalue weighted by Gasteiger charge is 2.25. The number of carbonyl (C=O) groups excluding carboxylic acids is 3. The maximum atomic E-state index is 11.8. The van der Waals surface area contributed by atoms with Crippen LogP contribution in [0.25, 0.3) is 0 Å². The number of carbonyl (C=O) groups is 3. The molecule has 1 aromatic rings. The Bertz CT molecular complexity index is 512. The zero-order valence-corrected chi connectivity index (χ0v) is 12.4. The van der Waals surface area contributed by atoms with Crippen LogP contribution in [0.15, 0.2) is 30.3 Å². The molecule has 1 saturated heterocycles. The molecule has 0 spiro atoms. The molecule has 0 aromatic heterocycles. The molecule has 21 heavy (non-hydrogen) atoms. The second-order valence-electron chi connectivity index (χ2n) is 4.69. The molecular formula is C15H17NO4S. The van der Waals surface area contributed by atoms with Crippen molar-refractivity contribution in [3.63, 3.8) is 0 Å². The summed E-state index contributed by atoms with van der Waals surface area (Å²) in [5, 5.41) is 2.88. The fourth-order valence-electron chi connectivity index (χ4n) is 2.00. The van der Waals surface area contributed by atoms with Crippen LogP contribution in [0.4, 0.5) is 0 Å². The quantitative estimate of drug-likeness (QED) is 0.660. The number of ether oxygens (including phenoxy) is 1. The minimum Gasteiger partial charge on any atom is -0.392 e. The van der Waals surface area contributed by atoms with Crippen LogP contribution in [0.5, 0.6) is 0 Å². The van der Waals surface area contributed by atoms with Gasteiger partial charge >= 0.3 is 11.9 Å². The first-order valence-electron chi connectivity index (χ1n) is 6.87. The van der Waals surface area contributed by atoms with Crippen LogP contribution >= 0.6 is 11.8 Å². The van der Waals surface area contributed by atoms with Gasteiger partial charge in [0.15, 0.2) is 0 Å². The van der Waals surface area contributed by atoms with Gasteiger partial charge in [-0.2, -0.15) is 0 Å². The molecule has 1 fully saturated rings. The Morgan fingerprint density at radius 3 is 2.67 bits per heavy atom. The average molecular weight is 307 g/mol. The summed E-state index contributed by atoms with van der Waals surface area (Å²) >= 11 is 1.05. The fourth-order valence-corrected chi connectivity index (χ4v) is 2.76. The van der Waals surface area contributed by atoms with E-state index in [0.29, 0.717) is 17.7 Å². The second kappa shape index (κ2) is 7.95. The average Bonchev–Trinajstić information content (AvgIpc) is 3.02. The Hall–Kier alpha value is -1.66. The molecule has 1 aliphatic rings. The van der Waals surface area contributed by atoms with Gasteiger partial charge in [-0.1, -0.05) is 42.1 Å². The normalized spacial score (nSPS) is 17.4. The van der Waals surface area contributed by atoms with Crippen LogP contribution in [0, 0.1) is 0 Å². The Kier molecular flexibility index (Phi) is 5.95. The lowest BCUT2D eigenvalue weighted by Gasteiger charge is -2.08. The lowest BCUT2D eigenvalue weighted by atomic mass is 10.2. The van der Waals surface area contributed by atoms with Crippen molar-refractivity contribution in [3.05, 3.63) is 35.9 Å². The summed E-state index contributed by atoms with van der Waals surface area (Å²) in [7, 11) is 0. The van der Waals surface area contributed by atoms with Gasteiger partial charge in [0.25, 0.3) is 0 Å². The van der Waals surface area contributed by atoms with Crippen molar-refractivity contribution in [2.75, 3.05) is 12.3 Å². The van der Waals surface area contributed by atoms with E-state index in [1.54, 1.807) is 24.3 Å². The van der Waals surface area contributed by atoms with Gasteiger partial charge in [-0.15, -0.1) is 0 Å². The number of rotatable bonds is 5.